The predicted octanol–water partition coefficient (Wildman–Crippen LogP) is 3.73. The lowest BCUT2D eigenvalue weighted by molar-refractivity contribution is 0.590. The maximum Gasteiger partial charge on any atom is 0.313 e. The van der Waals surface area contributed by atoms with Crippen LogP contribution in [0.15, 0.2) is 51.3 Å². The van der Waals surface area contributed by atoms with Crippen molar-refractivity contribution in [3.63, 3.8) is 0 Å². The summed E-state index contributed by atoms with van der Waals surface area (Å²) >= 11 is 2.26. The number of nitrogens with zero attached hydrogens (tertiary/aromatic N) is 3. The summed E-state index contributed by atoms with van der Waals surface area (Å²) < 4.78 is 12.1. The van der Waals surface area contributed by atoms with Gasteiger partial charge in [0.05, 0.1) is 0 Å². The highest BCUT2D eigenvalue weighted by molar-refractivity contribution is 14.1. The molecular weight excluding hydrogens is 395 g/mol. The number of anilines is 1. The summed E-state index contributed by atoms with van der Waals surface area (Å²) in [4.78, 5) is 4.53. The first kappa shape index (κ1) is 13.3. The zero-order valence-electron chi connectivity index (χ0n) is 11.2. The minimum Gasteiger partial charge on any atom is -0.436 e. The molecule has 2 aromatic heterocycles. The molecule has 0 saturated heterocycles. The van der Waals surface area contributed by atoms with E-state index in [1.807, 2.05) is 42.5 Å². The Bertz CT molecular complexity index is 977. The average molecular weight is 404 g/mol. The zero-order valence-corrected chi connectivity index (χ0v) is 13.3. The van der Waals surface area contributed by atoms with Crippen molar-refractivity contribution in [2.24, 2.45) is 0 Å². The minimum absolute atomic E-state index is 0.0369. The van der Waals surface area contributed by atoms with Gasteiger partial charge in [-0.15, -0.1) is 5.10 Å². The van der Waals surface area contributed by atoms with Crippen LogP contribution in [0.3, 0.4) is 0 Å². The fourth-order valence-electron chi connectivity index (χ4n) is 2.16. The fourth-order valence-corrected chi connectivity index (χ4v) is 2.70. The van der Waals surface area contributed by atoms with Crippen molar-refractivity contribution in [1.29, 1.82) is 0 Å². The van der Waals surface area contributed by atoms with Crippen molar-refractivity contribution >= 4 is 39.7 Å². The third-order valence-corrected chi connectivity index (χ3v) is 3.82. The van der Waals surface area contributed by atoms with Gasteiger partial charge < -0.3 is 14.6 Å². The molecule has 2 aromatic carbocycles. The number of nitrogens with two attached hydrogens (primary N) is 1. The van der Waals surface area contributed by atoms with E-state index in [-0.39, 0.29) is 6.01 Å². The number of oxazole rings is 1. The molecule has 0 radical (unpaired) electrons. The molecule has 108 valence electrons. The van der Waals surface area contributed by atoms with Crippen LogP contribution >= 0.6 is 22.6 Å². The average Bonchev–Trinajstić information content (AvgIpc) is 3.12. The van der Waals surface area contributed by atoms with E-state index in [1.54, 1.807) is 0 Å². The molecule has 0 aliphatic carbocycles. The van der Waals surface area contributed by atoms with Crippen molar-refractivity contribution in [2.45, 2.75) is 0 Å². The zero-order chi connectivity index (χ0) is 15.1. The fraction of sp³-hybridized carbons (Fsp3) is 0. The smallest absolute Gasteiger partial charge is 0.313 e. The normalized spacial score (nSPS) is 11.1. The van der Waals surface area contributed by atoms with Gasteiger partial charge in [0.25, 0.3) is 0 Å². The number of benzene rings is 2. The summed E-state index contributed by atoms with van der Waals surface area (Å²) in [5.74, 6) is 0.939. The summed E-state index contributed by atoms with van der Waals surface area (Å²) in [5, 5.41) is 7.52. The van der Waals surface area contributed by atoms with E-state index in [4.69, 9.17) is 14.6 Å². The summed E-state index contributed by atoms with van der Waals surface area (Å²) in [6, 6.07) is 13.5. The highest BCUT2D eigenvalue weighted by Crippen LogP contribution is 2.28. The highest BCUT2D eigenvalue weighted by Gasteiger charge is 2.12. The van der Waals surface area contributed by atoms with Crippen molar-refractivity contribution in [2.75, 3.05) is 5.73 Å². The molecule has 0 fully saturated rings. The van der Waals surface area contributed by atoms with Crippen LogP contribution in [-0.4, -0.2) is 15.2 Å². The number of hydrogen-bond acceptors (Lipinski definition) is 6. The number of fused-ring (bicyclic) bond motifs is 1. The third-order valence-electron chi connectivity index (χ3n) is 3.15. The Hall–Kier alpha value is -2.42. The van der Waals surface area contributed by atoms with Crippen LogP contribution < -0.4 is 5.73 Å². The molecule has 0 aliphatic heterocycles. The van der Waals surface area contributed by atoms with Crippen LogP contribution in [0, 0.1) is 3.57 Å². The van der Waals surface area contributed by atoms with Gasteiger partial charge in [0.2, 0.25) is 11.8 Å². The van der Waals surface area contributed by atoms with Gasteiger partial charge in [-0.3, -0.25) is 0 Å². The molecule has 0 bridgehead atoms. The number of nitrogen functional groups attached to an aromatic ring is 1. The second-order valence-corrected chi connectivity index (χ2v) is 5.90. The van der Waals surface area contributed by atoms with E-state index in [2.05, 4.69) is 37.8 Å². The summed E-state index contributed by atoms with van der Waals surface area (Å²) in [6.07, 6.45) is 0. The molecule has 0 saturated carbocycles. The molecule has 0 unspecified atom stereocenters. The second kappa shape index (κ2) is 5.09. The Balaban J connectivity index is 1.81. The predicted molar refractivity (Wildman–Crippen MR) is 89.9 cm³/mol. The van der Waals surface area contributed by atoms with Gasteiger partial charge in [-0.2, -0.15) is 0 Å². The second-order valence-electron chi connectivity index (χ2n) is 4.66. The van der Waals surface area contributed by atoms with Crippen LogP contribution in [0.25, 0.3) is 34.0 Å². The quantitative estimate of drug-likeness (QED) is 0.512. The lowest BCUT2D eigenvalue weighted by atomic mass is 10.2. The van der Waals surface area contributed by atoms with E-state index in [9.17, 15) is 0 Å². The molecule has 4 aromatic rings. The topological polar surface area (TPSA) is 91.0 Å². The maximum absolute atomic E-state index is 5.80. The van der Waals surface area contributed by atoms with Crippen LogP contribution in [0.5, 0.6) is 0 Å². The molecule has 2 heterocycles. The van der Waals surface area contributed by atoms with Gasteiger partial charge in [-0.25, -0.2) is 4.98 Å². The first-order chi connectivity index (χ1) is 10.7. The van der Waals surface area contributed by atoms with Crippen LogP contribution in [-0.2, 0) is 0 Å². The van der Waals surface area contributed by atoms with Crippen molar-refractivity contribution in [3.8, 4) is 22.9 Å². The molecule has 0 amide bonds. The molecule has 22 heavy (non-hydrogen) atoms. The lowest BCUT2D eigenvalue weighted by Gasteiger charge is -1.94. The monoisotopic (exact) mass is 404 g/mol. The molecule has 6 nitrogen and oxygen atoms in total. The van der Waals surface area contributed by atoms with Gasteiger partial charge in [0.15, 0.2) is 5.58 Å². The van der Waals surface area contributed by atoms with Crippen molar-refractivity contribution in [1.82, 2.24) is 15.2 Å². The molecule has 4 rings (SSSR count). The number of hydrogen-bond donors (Lipinski definition) is 1. The van der Waals surface area contributed by atoms with Gasteiger partial charge in [0, 0.05) is 14.7 Å². The molecule has 2 N–H and O–H groups in total. The maximum atomic E-state index is 5.80. The van der Waals surface area contributed by atoms with Crippen molar-refractivity contribution < 1.29 is 8.83 Å². The standard InChI is InChI=1S/C15H9IN4O2/c16-10-3-1-2-8(6-10)13-18-11-7-9(4-5-12(11)21-13)14-19-20-15(17)22-14/h1-7H,(H2,17,20). The molecule has 0 aliphatic rings. The first-order valence-electron chi connectivity index (χ1n) is 6.45. The van der Waals surface area contributed by atoms with E-state index in [0.717, 1.165) is 20.2 Å². The molecular formula is C15H9IN4O2. The largest absolute Gasteiger partial charge is 0.436 e. The van der Waals surface area contributed by atoms with Crippen LogP contribution in [0.1, 0.15) is 0 Å². The summed E-state index contributed by atoms with van der Waals surface area (Å²) in [7, 11) is 0. The molecule has 7 heteroatoms. The minimum atomic E-state index is 0.0369. The Morgan fingerprint density at radius 2 is 1.77 bits per heavy atom. The van der Waals surface area contributed by atoms with E-state index < -0.39 is 0 Å². The first-order valence-corrected chi connectivity index (χ1v) is 7.53. The summed E-state index contributed by atoms with van der Waals surface area (Å²) in [6.45, 7) is 0. The van der Waals surface area contributed by atoms with E-state index in [1.165, 1.54) is 0 Å². The van der Waals surface area contributed by atoms with Gasteiger partial charge in [-0.05, 0) is 59.0 Å². The Morgan fingerprint density at radius 3 is 2.55 bits per heavy atom. The number of rotatable bonds is 2. The Kier molecular flexibility index (Phi) is 3.07. The van der Waals surface area contributed by atoms with Gasteiger partial charge in [-0.1, -0.05) is 11.2 Å². The Morgan fingerprint density at radius 1 is 0.909 bits per heavy atom. The Labute approximate surface area is 138 Å². The van der Waals surface area contributed by atoms with E-state index in [0.29, 0.717) is 17.4 Å². The SMILES string of the molecule is Nc1nnc(-c2ccc3oc(-c4cccc(I)c4)nc3c2)o1. The van der Waals surface area contributed by atoms with Gasteiger partial charge in [0.1, 0.15) is 5.52 Å². The molecule has 0 spiro atoms. The van der Waals surface area contributed by atoms with Crippen LogP contribution in [0.2, 0.25) is 0 Å². The van der Waals surface area contributed by atoms with Crippen LogP contribution in [0.4, 0.5) is 6.01 Å². The van der Waals surface area contributed by atoms with Crippen molar-refractivity contribution in [3.05, 3.63) is 46.0 Å². The number of aromatic nitrogens is 3. The van der Waals surface area contributed by atoms with Gasteiger partial charge >= 0.3 is 6.01 Å². The molecule has 0 atom stereocenters. The summed E-state index contributed by atoms with van der Waals surface area (Å²) in [5.41, 5.74) is 8.56. The van der Waals surface area contributed by atoms with E-state index >= 15 is 0 Å². The lowest BCUT2D eigenvalue weighted by Crippen LogP contribution is -1.81. The number of halogens is 1. The highest BCUT2D eigenvalue weighted by atomic mass is 127. The third kappa shape index (κ3) is 2.33.